The van der Waals surface area contributed by atoms with Gasteiger partial charge in [-0.15, -0.1) is 11.8 Å². The minimum Gasteiger partial charge on any atom is -0.205 e. The largest absolute Gasteiger partial charge is 0.205 e. The molecule has 17 heavy (non-hydrogen) atoms. The molecule has 0 aliphatic carbocycles. The van der Waals surface area contributed by atoms with Crippen molar-refractivity contribution in [1.82, 2.24) is 0 Å². The Morgan fingerprint density at radius 2 is 1.82 bits per heavy atom. The van der Waals surface area contributed by atoms with E-state index in [2.05, 4.69) is 34.7 Å². The van der Waals surface area contributed by atoms with Gasteiger partial charge in [-0.1, -0.05) is 30.3 Å². The number of halogens is 2. The summed E-state index contributed by atoms with van der Waals surface area (Å²) in [4.78, 5) is 0.728. The van der Waals surface area contributed by atoms with Crippen molar-refractivity contribution in [3.63, 3.8) is 0 Å². The molecule has 2 aromatic rings. The van der Waals surface area contributed by atoms with Crippen LogP contribution < -0.4 is 0 Å². The molecule has 0 atom stereocenters. The lowest BCUT2D eigenvalue weighted by Gasteiger charge is -2.07. The van der Waals surface area contributed by atoms with Crippen LogP contribution in [0.4, 0.5) is 4.39 Å². The summed E-state index contributed by atoms with van der Waals surface area (Å²) in [6.07, 6.45) is 0. The third-order valence-electron chi connectivity index (χ3n) is 2.52. The molecule has 0 fully saturated rings. The van der Waals surface area contributed by atoms with Crippen molar-refractivity contribution in [2.45, 2.75) is 17.6 Å². The number of hydrogen-bond acceptors (Lipinski definition) is 1. The van der Waals surface area contributed by atoms with Crippen LogP contribution in [-0.2, 0) is 5.75 Å². The Morgan fingerprint density at radius 1 is 1.12 bits per heavy atom. The minimum atomic E-state index is -0.0853. The first kappa shape index (κ1) is 12.9. The van der Waals surface area contributed by atoms with Gasteiger partial charge in [-0.2, -0.15) is 0 Å². The molecule has 88 valence electrons. The van der Waals surface area contributed by atoms with Gasteiger partial charge >= 0.3 is 0 Å². The Kier molecular flexibility index (Phi) is 4.45. The van der Waals surface area contributed by atoms with Crippen LogP contribution in [0.3, 0.4) is 0 Å². The molecule has 0 aliphatic heterocycles. The molecule has 0 bridgehead atoms. The molecule has 0 spiro atoms. The highest BCUT2D eigenvalue weighted by Crippen LogP contribution is 2.29. The highest BCUT2D eigenvalue weighted by Gasteiger charge is 2.08. The number of hydrogen-bond donors (Lipinski definition) is 0. The molecule has 2 aromatic carbocycles. The van der Waals surface area contributed by atoms with Gasteiger partial charge < -0.3 is 0 Å². The first-order chi connectivity index (χ1) is 8.18. The molecule has 3 heteroatoms. The predicted molar refractivity (Wildman–Crippen MR) is 79.9 cm³/mol. The lowest BCUT2D eigenvalue weighted by Crippen LogP contribution is -1.90. The second-order valence-corrected chi connectivity index (χ2v) is 5.94. The van der Waals surface area contributed by atoms with Gasteiger partial charge in [0, 0.05) is 14.2 Å². The van der Waals surface area contributed by atoms with Crippen LogP contribution in [0, 0.1) is 16.3 Å². The third-order valence-corrected chi connectivity index (χ3v) is 4.79. The topological polar surface area (TPSA) is 0 Å². The summed E-state index contributed by atoms with van der Waals surface area (Å²) in [5.41, 5.74) is 1.96. The molecular formula is C14H12FIS. The highest BCUT2D eigenvalue weighted by atomic mass is 127. The number of thioether (sulfide) groups is 1. The van der Waals surface area contributed by atoms with Gasteiger partial charge in [0.15, 0.2) is 0 Å². The number of benzene rings is 2. The van der Waals surface area contributed by atoms with E-state index >= 15 is 0 Å². The first-order valence-corrected chi connectivity index (χ1v) is 7.36. The van der Waals surface area contributed by atoms with Crippen LogP contribution in [0.5, 0.6) is 0 Å². The summed E-state index contributed by atoms with van der Waals surface area (Å²) in [5, 5.41) is 0. The zero-order valence-corrected chi connectivity index (χ0v) is 12.4. The smallest absolute Gasteiger partial charge is 0.140 e. The van der Waals surface area contributed by atoms with Crippen LogP contribution in [0.1, 0.15) is 11.1 Å². The molecule has 0 aliphatic rings. The molecule has 0 radical (unpaired) electrons. The zero-order chi connectivity index (χ0) is 12.3. The first-order valence-electron chi connectivity index (χ1n) is 5.30. The molecule has 0 unspecified atom stereocenters. The van der Waals surface area contributed by atoms with Gasteiger partial charge in [-0.25, -0.2) is 4.39 Å². The monoisotopic (exact) mass is 358 g/mol. The summed E-state index contributed by atoms with van der Waals surface area (Å²) in [6.45, 7) is 1.82. The summed E-state index contributed by atoms with van der Waals surface area (Å²) in [5.74, 6) is 0.718. The van der Waals surface area contributed by atoms with E-state index in [9.17, 15) is 4.39 Å². The average Bonchev–Trinajstić information content (AvgIpc) is 2.36. The maximum absolute atomic E-state index is 13.9. The summed E-state index contributed by atoms with van der Waals surface area (Å²) < 4.78 is 14.9. The lowest BCUT2D eigenvalue weighted by atomic mass is 10.2. The summed E-state index contributed by atoms with van der Waals surface area (Å²) >= 11 is 3.70. The van der Waals surface area contributed by atoms with Crippen LogP contribution in [-0.4, -0.2) is 0 Å². The fourth-order valence-electron chi connectivity index (χ4n) is 1.48. The third kappa shape index (κ3) is 3.22. The van der Waals surface area contributed by atoms with E-state index in [1.165, 1.54) is 5.56 Å². The minimum absolute atomic E-state index is 0.0853. The Bertz CT molecular complexity index is 511. The van der Waals surface area contributed by atoms with E-state index in [1.54, 1.807) is 11.8 Å². The van der Waals surface area contributed by atoms with Gasteiger partial charge in [-0.3, -0.25) is 0 Å². The van der Waals surface area contributed by atoms with E-state index in [1.807, 2.05) is 37.3 Å². The van der Waals surface area contributed by atoms with E-state index in [0.29, 0.717) is 0 Å². The quantitative estimate of drug-likeness (QED) is 0.548. The molecule has 2 rings (SSSR count). The maximum Gasteiger partial charge on any atom is 0.140 e. The molecule has 0 nitrogen and oxygen atoms in total. The molecule has 0 amide bonds. The highest BCUT2D eigenvalue weighted by molar-refractivity contribution is 14.1. The Morgan fingerprint density at radius 3 is 2.53 bits per heavy atom. The van der Waals surface area contributed by atoms with Gasteiger partial charge in [0.1, 0.15) is 5.82 Å². The van der Waals surface area contributed by atoms with E-state index in [-0.39, 0.29) is 5.82 Å². The van der Waals surface area contributed by atoms with Crippen molar-refractivity contribution in [2.75, 3.05) is 0 Å². The van der Waals surface area contributed by atoms with Crippen molar-refractivity contribution < 1.29 is 4.39 Å². The van der Waals surface area contributed by atoms with E-state index < -0.39 is 0 Å². The van der Waals surface area contributed by atoms with Crippen molar-refractivity contribution in [1.29, 1.82) is 0 Å². The van der Waals surface area contributed by atoms with Crippen molar-refractivity contribution in [2.24, 2.45) is 0 Å². The molecule has 0 saturated heterocycles. The molecule has 0 heterocycles. The second-order valence-electron chi connectivity index (χ2n) is 3.76. The number of rotatable bonds is 3. The Hall–Kier alpha value is -0.550. The van der Waals surface area contributed by atoms with E-state index in [4.69, 9.17) is 0 Å². The molecule has 0 saturated carbocycles. The normalized spacial score (nSPS) is 10.5. The summed E-state index contributed by atoms with van der Waals surface area (Å²) in [6, 6.07) is 13.9. The van der Waals surface area contributed by atoms with Gasteiger partial charge in [0.25, 0.3) is 0 Å². The van der Waals surface area contributed by atoms with Crippen molar-refractivity contribution in [3.8, 4) is 0 Å². The van der Waals surface area contributed by atoms with Crippen molar-refractivity contribution >= 4 is 34.4 Å². The molecular weight excluding hydrogens is 346 g/mol. The zero-order valence-electron chi connectivity index (χ0n) is 9.41. The second kappa shape index (κ2) is 5.87. The predicted octanol–water partition coefficient (Wildman–Crippen LogP) is 5.03. The van der Waals surface area contributed by atoms with Crippen LogP contribution in [0.25, 0.3) is 0 Å². The van der Waals surface area contributed by atoms with Gasteiger partial charge in [0.05, 0.1) is 0 Å². The SMILES string of the molecule is Cc1c(I)ccc(SCc2ccccc2)c1F. The van der Waals surface area contributed by atoms with Crippen molar-refractivity contribution in [3.05, 3.63) is 63.0 Å². The fourth-order valence-corrected chi connectivity index (χ4v) is 2.86. The van der Waals surface area contributed by atoms with Gasteiger partial charge in [0.2, 0.25) is 0 Å². The standard InChI is InChI=1S/C14H12FIS/c1-10-12(16)7-8-13(14(10)15)17-9-11-5-3-2-4-6-11/h2-8H,9H2,1H3. The van der Waals surface area contributed by atoms with Crippen LogP contribution >= 0.6 is 34.4 Å². The fraction of sp³-hybridized carbons (Fsp3) is 0.143. The average molecular weight is 358 g/mol. The van der Waals surface area contributed by atoms with E-state index in [0.717, 1.165) is 19.8 Å². The Balaban J connectivity index is 2.13. The van der Waals surface area contributed by atoms with Crippen LogP contribution in [0.2, 0.25) is 0 Å². The molecule has 0 N–H and O–H groups in total. The molecule has 0 aromatic heterocycles. The summed E-state index contributed by atoms with van der Waals surface area (Å²) in [7, 11) is 0. The lowest BCUT2D eigenvalue weighted by molar-refractivity contribution is 0.591. The maximum atomic E-state index is 13.9. The van der Waals surface area contributed by atoms with Crippen LogP contribution in [0.15, 0.2) is 47.4 Å². The van der Waals surface area contributed by atoms with Gasteiger partial charge in [-0.05, 0) is 52.8 Å². The Labute approximate surface area is 119 Å².